The van der Waals surface area contributed by atoms with Crippen molar-refractivity contribution in [3.05, 3.63) is 61.0 Å². The van der Waals surface area contributed by atoms with Crippen LogP contribution in [-0.2, 0) is 6.42 Å². The summed E-state index contributed by atoms with van der Waals surface area (Å²) in [5, 5.41) is 6.58. The number of nitrogens with zero attached hydrogens (tertiary/aromatic N) is 3. The van der Waals surface area contributed by atoms with Gasteiger partial charge in [-0.2, -0.15) is 0 Å². The summed E-state index contributed by atoms with van der Waals surface area (Å²) in [6, 6.07) is 5.49. The zero-order valence-corrected chi connectivity index (χ0v) is 20.9. The van der Waals surface area contributed by atoms with Gasteiger partial charge in [-0.1, -0.05) is 0 Å². The van der Waals surface area contributed by atoms with Gasteiger partial charge in [0, 0.05) is 42.1 Å². The number of ketones is 1. The van der Waals surface area contributed by atoms with E-state index in [2.05, 4.69) is 15.3 Å². The lowest BCUT2D eigenvalue weighted by atomic mass is 9.90. The molecule has 1 saturated heterocycles. The second kappa shape index (κ2) is 9.38. The van der Waals surface area contributed by atoms with Gasteiger partial charge in [-0.15, -0.1) is 22.7 Å². The number of rotatable bonds is 4. The minimum absolute atomic E-state index is 0.0625. The molecule has 3 aromatic rings. The van der Waals surface area contributed by atoms with E-state index in [1.165, 1.54) is 22.7 Å². The number of likely N-dealkylation sites (tertiary alicyclic amines) is 1. The molecule has 7 nitrogen and oxygen atoms in total. The summed E-state index contributed by atoms with van der Waals surface area (Å²) in [5.41, 5.74) is 3.66. The lowest BCUT2D eigenvalue weighted by molar-refractivity contribution is 0.0716. The average Bonchev–Trinajstić information content (AvgIpc) is 3.45. The maximum absolute atomic E-state index is 12.9. The van der Waals surface area contributed by atoms with Gasteiger partial charge in [0.1, 0.15) is 10.6 Å². The van der Waals surface area contributed by atoms with Crippen LogP contribution in [0.1, 0.15) is 83.4 Å². The predicted octanol–water partition coefficient (Wildman–Crippen LogP) is 5.01. The van der Waals surface area contributed by atoms with Crippen LogP contribution in [0.2, 0.25) is 0 Å². The molecule has 3 heterocycles. The Hall–Kier alpha value is -2.91. The SMILES string of the molecule is Cc1nc(C)c(C(=O)N2CCC(c3nc(C(=O)Nc4ccc5c(c4)CCCC5=O)cs3)CC2)s1. The van der Waals surface area contributed by atoms with Gasteiger partial charge in [0.15, 0.2) is 5.78 Å². The summed E-state index contributed by atoms with van der Waals surface area (Å²) in [6.07, 6.45) is 3.96. The molecule has 2 amide bonds. The van der Waals surface area contributed by atoms with E-state index < -0.39 is 0 Å². The van der Waals surface area contributed by atoms with E-state index in [0.29, 0.717) is 30.9 Å². The Kier molecular flexibility index (Phi) is 6.31. The molecule has 1 aliphatic carbocycles. The van der Waals surface area contributed by atoms with Crippen molar-refractivity contribution in [2.24, 2.45) is 0 Å². The molecule has 0 spiro atoms. The number of hydrogen-bond acceptors (Lipinski definition) is 7. The van der Waals surface area contributed by atoms with Crippen molar-refractivity contribution in [1.29, 1.82) is 0 Å². The fourth-order valence-corrected chi connectivity index (χ4v) is 6.56. The molecule has 5 rings (SSSR count). The molecule has 1 N–H and O–H groups in total. The Morgan fingerprint density at radius 2 is 1.91 bits per heavy atom. The highest BCUT2D eigenvalue weighted by atomic mass is 32.1. The maximum Gasteiger partial charge on any atom is 0.275 e. The number of fused-ring (bicyclic) bond motifs is 1. The molecule has 0 saturated carbocycles. The highest BCUT2D eigenvalue weighted by molar-refractivity contribution is 7.13. The van der Waals surface area contributed by atoms with E-state index in [9.17, 15) is 14.4 Å². The normalized spacial score (nSPS) is 16.4. The van der Waals surface area contributed by atoms with Crippen LogP contribution in [0.5, 0.6) is 0 Å². The second-order valence-electron chi connectivity index (χ2n) is 8.89. The van der Waals surface area contributed by atoms with E-state index >= 15 is 0 Å². The van der Waals surface area contributed by atoms with Crippen molar-refractivity contribution in [2.45, 2.75) is 51.9 Å². The minimum atomic E-state index is -0.242. The number of aryl methyl sites for hydroxylation is 3. The van der Waals surface area contributed by atoms with Crippen molar-refractivity contribution in [1.82, 2.24) is 14.9 Å². The molecule has 176 valence electrons. The number of thiazole rings is 2. The number of Topliss-reactive ketones (excluding diaryl/α,β-unsaturated/α-hetero) is 1. The van der Waals surface area contributed by atoms with Crippen molar-refractivity contribution in [3.63, 3.8) is 0 Å². The van der Waals surface area contributed by atoms with Crippen LogP contribution >= 0.6 is 22.7 Å². The van der Waals surface area contributed by atoms with Gasteiger partial charge in [0.2, 0.25) is 0 Å². The smallest absolute Gasteiger partial charge is 0.275 e. The second-order valence-corrected chi connectivity index (χ2v) is 11.0. The standard InChI is InChI=1S/C25H26N4O3S2/c1-14-22(34-15(2)26-14)25(32)29-10-8-16(9-11-29)24-28-20(13-33-24)23(31)27-18-6-7-19-17(12-18)4-3-5-21(19)30/h6-7,12-13,16H,3-5,8-11H2,1-2H3,(H,27,31). The molecule has 0 bridgehead atoms. The van der Waals surface area contributed by atoms with Gasteiger partial charge in [0.25, 0.3) is 11.8 Å². The van der Waals surface area contributed by atoms with Crippen LogP contribution in [0.3, 0.4) is 0 Å². The van der Waals surface area contributed by atoms with Crippen molar-refractivity contribution >= 4 is 46.0 Å². The summed E-state index contributed by atoms with van der Waals surface area (Å²) in [6.45, 7) is 5.16. The molecule has 0 atom stereocenters. The third-order valence-electron chi connectivity index (χ3n) is 6.50. The van der Waals surface area contributed by atoms with Gasteiger partial charge >= 0.3 is 0 Å². The Morgan fingerprint density at radius 1 is 1.12 bits per heavy atom. The summed E-state index contributed by atoms with van der Waals surface area (Å²) in [7, 11) is 0. The number of nitrogens with one attached hydrogen (secondary N) is 1. The summed E-state index contributed by atoms with van der Waals surface area (Å²) < 4.78 is 0. The molecule has 1 aromatic carbocycles. The van der Waals surface area contributed by atoms with Crippen LogP contribution in [0, 0.1) is 13.8 Å². The van der Waals surface area contributed by atoms with Crippen molar-refractivity contribution < 1.29 is 14.4 Å². The highest BCUT2D eigenvalue weighted by Crippen LogP contribution is 2.32. The van der Waals surface area contributed by atoms with Gasteiger partial charge in [-0.25, -0.2) is 9.97 Å². The summed E-state index contributed by atoms with van der Waals surface area (Å²) in [5.74, 6) is 0.240. The lowest BCUT2D eigenvalue weighted by Crippen LogP contribution is -2.37. The molecular formula is C25H26N4O3S2. The third kappa shape index (κ3) is 4.54. The van der Waals surface area contributed by atoms with Gasteiger partial charge in [-0.3, -0.25) is 14.4 Å². The van der Waals surface area contributed by atoms with E-state index in [4.69, 9.17) is 0 Å². The molecule has 2 aliphatic rings. The number of anilines is 1. The number of piperidine rings is 1. The molecule has 0 radical (unpaired) electrons. The minimum Gasteiger partial charge on any atom is -0.338 e. The fraction of sp³-hybridized carbons (Fsp3) is 0.400. The topological polar surface area (TPSA) is 92.3 Å². The summed E-state index contributed by atoms with van der Waals surface area (Å²) in [4.78, 5) is 49.3. The van der Waals surface area contributed by atoms with Crippen LogP contribution < -0.4 is 5.32 Å². The number of aromatic nitrogens is 2. The first-order valence-electron chi connectivity index (χ1n) is 11.5. The third-order valence-corrected chi connectivity index (χ3v) is 8.57. The highest BCUT2D eigenvalue weighted by Gasteiger charge is 2.28. The molecule has 1 fully saturated rings. The van der Waals surface area contributed by atoms with E-state index in [1.807, 2.05) is 30.9 Å². The molecular weight excluding hydrogens is 468 g/mol. The zero-order valence-electron chi connectivity index (χ0n) is 19.2. The largest absolute Gasteiger partial charge is 0.338 e. The Morgan fingerprint density at radius 3 is 2.65 bits per heavy atom. The average molecular weight is 495 g/mol. The first-order valence-corrected chi connectivity index (χ1v) is 13.2. The monoisotopic (exact) mass is 494 g/mol. The number of amides is 2. The first-order chi connectivity index (χ1) is 16.4. The van der Waals surface area contributed by atoms with Crippen LogP contribution in [0.25, 0.3) is 0 Å². The number of carbonyl (C=O) groups is 3. The quantitative estimate of drug-likeness (QED) is 0.551. The van der Waals surface area contributed by atoms with Gasteiger partial charge in [-0.05, 0) is 63.3 Å². The van der Waals surface area contributed by atoms with Crippen molar-refractivity contribution in [3.8, 4) is 0 Å². The number of carbonyl (C=O) groups excluding carboxylic acids is 3. The van der Waals surface area contributed by atoms with E-state index in [1.54, 1.807) is 11.4 Å². The molecule has 0 unspecified atom stereocenters. The molecule has 9 heteroatoms. The van der Waals surface area contributed by atoms with Crippen LogP contribution in [0.4, 0.5) is 5.69 Å². The molecule has 34 heavy (non-hydrogen) atoms. The number of benzene rings is 1. The Labute approximate surface area is 206 Å². The van der Waals surface area contributed by atoms with Gasteiger partial charge < -0.3 is 10.2 Å². The lowest BCUT2D eigenvalue weighted by Gasteiger charge is -2.30. The molecule has 1 aliphatic heterocycles. The summed E-state index contributed by atoms with van der Waals surface area (Å²) >= 11 is 2.96. The fourth-order valence-electron chi connectivity index (χ4n) is 4.70. The van der Waals surface area contributed by atoms with Crippen molar-refractivity contribution in [2.75, 3.05) is 18.4 Å². The maximum atomic E-state index is 12.9. The molecule has 2 aromatic heterocycles. The van der Waals surface area contributed by atoms with E-state index in [0.717, 1.165) is 57.4 Å². The Bertz CT molecular complexity index is 1270. The van der Waals surface area contributed by atoms with E-state index in [-0.39, 0.29) is 23.5 Å². The first kappa shape index (κ1) is 22.9. The van der Waals surface area contributed by atoms with Crippen LogP contribution in [-0.4, -0.2) is 45.6 Å². The zero-order chi connectivity index (χ0) is 23.8. The predicted molar refractivity (Wildman–Crippen MR) is 133 cm³/mol. The Balaban J connectivity index is 1.20. The van der Waals surface area contributed by atoms with Crippen LogP contribution in [0.15, 0.2) is 23.6 Å². The number of hydrogen-bond donors (Lipinski definition) is 1. The van der Waals surface area contributed by atoms with Gasteiger partial charge in [0.05, 0.1) is 15.7 Å².